The third-order valence-electron chi connectivity index (χ3n) is 1.40. The fourth-order valence-electron chi connectivity index (χ4n) is 0.865. The Balaban J connectivity index is 2.52. The van der Waals surface area contributed by atoms with Crippen molar-refractivity contribution in [1.29, 1.82) is 0 Å². The van der Waals surface area contributed by atoms with Crippen LogP contribution in [0.15, 0.2) is 29.2 Å². The molecule has 0 saturated carbocycles. The van der Waals surface area contributed by atoms with Gasteiger partial charge in [0.25, 0.3) is 0 Å². The Morgan fingerprint density at radius 2 is 2.08 bits per heavy atom. The molecule has 12 heavy (non-hydrogen) atoms. The highest BCUT2D eigenvalue weighted by Crippen LogP contribution is 2.15. The topological polar surface area (TPSA) is 12.0 Å². The van der Waals surface area contributed by atoms with Crippen molar-refractivity contribution < 1.29 is 0 Å². The van der Waals surface area contributed by atoms with Gasteiger partial charge in [-0.2, -0.15) is 0 Å². The molecule has 0 spiro atoms. The Labute approximate surface area is 78.7 Å². The van der Waals surface area contributed by atoms with Crippen molar-refractivity contribution in [1.82, 2.24) is 4.72 Å². The van der Waals surface area contributed by atoms with Crippen LogP contribution in [0, 0.1) is 6.92 Å². The molecular formula is C10H15NS. The Bertz CT molecular complexity index is 245. The molecule has 0 bridgehead atoms. The molecule has 66 valence electrons. The summed E-state index contributed by atoms with van der Waals surface area (Å²) in [6.07, 6.45) is 0. The summed E-state index contributed by atoms with van der Waals surface area (Å²) in [7, 11) is 0. The van der Waals surface area contributed by atoms with Gasteiger partial charge in [-0.25, -0.2) is 0 Å². The molecule has 0 aromatic heterocycles. The molecule has 1 aromatic carbocycles. The van der Waals surface area contributed by atoms with E-state index in [1.807, 2.05) is 0 Å². The fourth-order valence-corrected chi connectivity index (χ4v) is 1.63. The van der Waals surface area contributed by atoms with Crippen LogP contribution >= 0.6 is 11.9 Å². The lowest BCUT2D eigenvalue weighted by atomic mass is 10.2. The molecule has 0 fully saturated rings. The van der Waals surface area contributed by atoms with Crippen LogP contribution in [0.25, 0.3) is 0 Å². The summed E-state index contributed by atoms with van der Waals surface area (Å²) in [4.78, 5) is 1.28. The SMILES string of the molecule is Cc1cccc(SNC(C)C)c1. The lowest BCUT2D eigenvalue weighted by Gasteiger charge is -2.06. The van der Waals surface area contributed by atoms with Gasteiger partial charge in [0.05, 0.1) is 0 Å². The van der Waals surface area contributed by atoms with Crippen molar-refractivity contribution >= 4 is 11.9 Å². The average Bonchev–Trinajstić information content (AvgIpc) is 2.01. The zero-order chi connectivity index (χ0) is 8.97. The predicted molar refractivity (Wildman–Crippen MR) is 55.3 cm³/mol. The minimum atomic E-state index is 0.524. The molecule has 1 rings (SSSR count). The van der Waals surface area contributed by atoms with Gasteiger partial charge in [0.15, 0.2) is 0 Å². The molecule has 1 aromatic rings. The van der Waals surface area contributed by atoms with Crippen LogP contribution in [0.1, 0.15) is 19.4 Å². The summed E-state index contributed by atoms with van der Waals surface area (Å²) < 4.78 is 3.31. The first-order valence-corrected chi connectivity index (χ1v) is 4.99. The van der Waals surface area contributed by atoms with Gasteiger partial charge < -0.3 is 0 Å². The van der Waals surface area contributed by atoms with Crippen molar-refractivity contribution in [3.63, 3.8) is 0 Å². The van der Waals surface area contributed by atoms with Gasteiger partial charge in [0, 0.05) is 10.9 Å². The molecule has 0 aliphatic rings. The van der Waals surface area contributed by atoms with Crippen LogP contribution < -0.4 is 4.72 Å². The molecule has 1 N–H and O–H groups in total. The van der Waals surface area contributed by atoms with E-state index >= 15 is 0 Å². The van der Waals surface area contributed by atoms with Gasteiger partial charge in [-0.1, -0.05) is 12.1 Å². The van der Waals surface area contributed by atoms with Gasteiger partial charge in [0.2, 0.25) is 0 Å². The second-order valence-corrected chi connectivity index (χ2v) is 4.10. The molecule has 1 nitrogen and oxygen atoms in total. The maximum absolute atomic E-state index is 3.31. The molecule has 0 atom stereocenters. The van der Waals surface area contributed by atoms with E-state index in [1.165, 1.54) is 10.5 Å². The molecule has 0 radical (unpaired) electrons. The third-order valence-corrected chi connectivity index (χ3v) is 2.48. The zero-order valence-electron chi connectivity index (χ0n) is 7.79. The van der Waals surface area contributed by atoms with Crippen LogP contribution in [0.4, 0.5) is 0 Å². The number of benzene rings is 1. The van der Waals surface area contributed by atoms with Crippen LogP contribution in [0.2, 0.25) is 0 Å². The Hall–Kier alpha value is -0.470. The van der Waals surface area contributed by atoms with E-state index in [1.54, 1.807) is 11.9 Å². The summed E-state index contributed by atoms with van der Waals surface area (Å²) in [5.74, 6) is 0. The minimum absolute atomic E-state index is 0.524. The lowest BCUT2D eigenvalue weighted by Crippen LogP contribution is -2.13. The van der Waals surface area contributed by atoms with E-state index in [0.29, 0.717) is 6.04 Å². The fraction of sp³-hybridized carbons (Fsp3) is 0.400. The molecule has 0 heterocycles. The molecule has 0 aliphatic heterocycles. The quantitative estimate of drug-likeness (QED) is 0.719. The van der Waals surface area contributed by atoms with Crippen molar-refractivity contribution in [3.05, 3.63) is 29.8 Å². The summed E-state index contributed by atoms with van der Waals surface area (Å²) in [6.45, 7) is 6.39. The standard InChI is InChI=1S/C10H15NS/c1-8(2)11-12-10-6-4-5-9(3)7-10/h4-8,11H,1-3H3. The van der Waals surface area contributed by atoms with Crippen LogP contribution in [-0.4, -0.2) is 6.04 Å². The molecule has 0 aliphatic carbocycles. The van der Waals surface area contributed by atoms with E-state index < -0.39 is 0 Å². The highest BCUT2D eigenvalue weighted by atomic mass is 32.2. The molecule has 2 heteroatoms. The van der Waals surface area contributed by atoms with E-state index in [-0.39, 0.29) is 0 Å². The molecule has 0 amide bonds. The normalized spacial score (nSPS) is 10.7. The third kappa shape index (κ3) is 3.28. The van der Waals surface area contributed by atoms with Gasteiger partial charge >= 0.3 is 0 Å². The Morgan fingerprint density at radius 1 is 1.33 bits per heavy atom. The first-order valence-electron chi connectivity index (χ1n) is 4.17. The highest BCUT2D eigenvalue weighted by molar-refractivity contribution is 7.97. The number of nitrogens with one attached hydrogen (secondary N) is 1. The second-order valence-electron chi connectivity index (χ2n) is 3.19. The van der Waals surface area contributed by atoms with Crippen LogP contribution in [0.3, 0.4) is 0 Å². The number of hydrogen-bond donors (Lipinski definition) is 1. The van der Waals surface area contributed by atoms with Crippen LogP contribution in [-0.2, 0) is 0 Å². The molecule has 0 saturated heterocycles. The summed E-state index contributed by atoms with van der Waals surface area (Å²) in [5, 5.41) is 0. The Morgan fingerprint density at radius 3 is 2.67 bits per heavy atom. The van der Waals surface area contributed by atoms with Gasteiger partial charge in [-0.15, -0.1) is 0 Å². The monoisotopic (exact) mass is 181 g/mol. The van der Waals surface area contributed by atoms with Gasteiger partial charge in [-0.05, 0) is 50.4 Å². The number of rotatable bonds is 3. The van der Waals surface area contributed by atoms with E-state index in [0.717, 1.165) is 0 Å². The second kappa shape index (κ2) is 4.53. The maximum Gasteiger partial charge on any atom is 0.0230 e. The zero-order valence-corrected chi connectivity index (χ0v) is 8.61. The average molecular weight is 181 g/mol. The summed E-state index contributed by atoms with van der Waals surface area (Å²) in [5.41, 5.74) is 1.31. The number of hydrogen-bond acceptors (Lipinski definition) is 2. The van der Waals surface area contributed by atoms with Crippen molar-refractivity contribution in [2.24, 2.45) is 0 Å². The molecular weight excluding hydrogens is 166 g/mol. The summed E-state index contributed by atoms with van der Waals surface area (Å²) in [6, 6.07) is 9.02. The maximum atomic E-state index is 3.31. The van der Waals surface area contributed by atoms with Crippen molar-refractivity contribution in [3.8, 4) is 0 Å². The van der Waals surface area contributed by atoms with Crippen molar-refractivity contribution in [2.45, 2.75) is 31.7 Å². The van der Waals surface area contributed by atoms with Crippen LogP contribution in [0.5, 0.6) is 0 Å². The predicted octanol–water partition coefficient (Wildman–Crippen LogP) is 3.00. The lowest BCUT2D eigenvalue weighted by molar-refractivity contribution is 0.771. The largest absolute Gasteiger partial charge is 0.257 e. The van der Waals surface area contributed by atoms with E-state index in [9.17, 15) is 0 Å². The number of aryl methyl sites for hydroxylation is 1. The Kier molecular flexibility index (Phi) is 3.63. The first-order chi connectivity index (χ1) is 5.68. The van der Waals surface area contributed by atoms with E-state index in [4.69, 9.17) is 0 Å². The van der Waals surface area contributed by atoms with Gasteiger partial charge in [0.1, 0.15) is 0 Å². The van der Waals surface area contributed by atoms with Gasteiger partial charge in [-0.3, -0.25) is 4.72 Å². The molecule has 0 unspecified atom stereocenters. The first kappa shape index (κ1) is 9.62. The summed E-state index contributed by atoms with van der Waals surface area (Å²) >= 11 is 1.69. The minimum Gasteiger partial charge on any atom is -0.257 e. The van der Waals surface area contributed by atoms with Crippen molar-refractivity contribution in [2.75, 3.05) is 0 Å². The van der Waals surface area contributed by atoms with E-state index in [2.05, 4.69) is 49.8 Å². The highest BCUT2D eigenvalue weighted by Gasteiger charge is 1.95. The smallest absolute Gasteiger partial charge is 0.0230 e.